The molecule has 0 radical (unpaired) electrons. The van der Waals surface area contributed by atoms with Crippen LogP contribution in [0.4, 0.5) is 0 Å². The highest BCUT2D eigenvalue weighted by Gasteiger charge is 2.07. The Morgan fingerprint density at radius 2 is 1.63 bits per heavy atom. The molecule has 0 amide bonds. The zero-order valence-electron chi connectivity index (χ0n) is 10.7. The number of alkyl halides is 1. The van der Waals surface area contributed by atoms with Crippen molar-refractivity contribution in [2.24, 2.45) is 0 Å². The fourth-order valence-corrected chi connectivity index (χ4v) is 2.96. The molecule has 2 heteroatoms. The summed E-state index contributed by atoms with van der Waals surface area (Å²) in [5, 5.41) is 2.38. The minimum atomic E-state index is 0.934. The van der Waals surface area contributed by atoms with Crippen molar-refractivity contribution in [1.29, 1.82) is 0 Å². The third-order valence-electron chi connectivity index (χ3n) is 3.43. The van der Waals surface area contributed by atoms with E-state index in [-0.39, 0.29) is 0 Å². The molecule has 1 aromatic heterocycles. The van der Waals surface area contributed by atoms with Crippen molar-refractivity contribution >= 4 is 26.8 Å². The standard InChI is InChI=1S/C17H16BrN/c18-11-10-15-13-19(12-14-6-2-1-3-7-14)17-9-5-4-8-16(15)17/h1-9,13H,10-12H2. The molecule has 1 nitrogen and oxygen atoms in total. The second-order valence-electron chi connectivity index (χ2n) is 4.72. The molecule has 0 saturated heterocycles. The monoisotopic (exact) mass is 313 g/mol. The maximum atomic E-state index is 3.54. The van der Waals surface area contributed by atoms with Gasteiger partial charge in [-0.1, -0.05) is 64.5 Å². The Morgan fingerprint density at radius 1 is 0.895 bits per heavy atom. The van der Waals surface area contributed by atoms with Gasteiger partial charge in [0.15, 0.2) is 0 Å². The summed E-state index contributed by atoms with van der Waals surface area (Å²) >= 11 is 3.54. The normalized spacial score (nSPS) is 11.0. The van der Waals surface area contributed by atoms with Gasteiger partial charge in [-0.2, -0.15) is 0 Å². The number of aromatic nitrogens is 1. The number of rotatable bonds is 4. The summed E-state index contributed by atoms with van der Waals surface area (Å²) in [6.45, 7) is 0.934. The van der Waals surface area contributed by atoms with Gasteiger partial charge < -0.3 is 4.57 Å². The van der Waals surface area contributed by atoms with Crippen LogP contribution in [0.15, 0.2) is 60.8 Å². The van der Waals surface area contributed by atoms with Gasteiger partial charge in [0.1, 0.15) is 0 Å². The number of hydrogen-bond acceptors (Lipinski definition) is 0. The molecule has 0 bridgehead atoms. The minimum Gasteiger partial charge on any atom is -0.343 e. The first-order chi connectivity index (χ1) is 9.38. The topological polar surface area (TPSA) is 4.93 Å². The zero-order chi connectivity index (χ0) is 13.1. The molecule has 0 N–H and O–H groups in total. The highest BCUT2D eigenvalue weighted by atomic mass is 79.9. The van der Waals surface area contributed by atoms with Crippen molar-refractivity contribution < 1.29 is 0 Å². The van der Waals surface area contributed by atoms with E-state index >= 15 is 0 Å². The van der Waals surface area contributed by atoms with Gasteiger partial charge in [-0.25, -0.2) is 0 Å². The summed E-state index contributed by atoms with van der Waals surface area (Å²) in [6.07, 6.45) is 3.36. The maximum absolute atomic E-state index is 3.54. The smallest absolute Gasteiger partial charge is 0.0486 e. The van der Waals surface area contributed by atoms with Gasteiger partial charge in [-0.15, -0.1) is 0 Å². The molecule has 0 unspecified atom stereocenters. The molecular formula is C17H16BrN. The van der Waals surface area contributed by atoms with Crippen LogP contribution in [0.2, 0.25) is 0 Å². The summed E-state index contributed by atoms with van der Waals surface area (Å²) in [4.78, 5) is 0. The highest BCUT2D eigenvalue weighted by Crippen LogP contribution is 2.23. The summed E-state index contributed by atoms with van der Waals surface area (Å²) in [5.41, 5.74) is 4.08. The Kier molecular flexibility index (Phi) is 3.69. The van der Waals surface area contributed by atoms with Crippen molar-refractivity contribution in [3.8, 4) is 0 Å². The highest BCUT2D eigenvalue weighted by molar-refractivity contribution is 9.09. The predicted molar refractivity (Wildman–Crippen MR) is 85.0 cm³/mol. The van der Waals surface area contributed by atoms with E-state index in [1.165, 1.54) is 22.0 Å². The fourth-order valence-electron chi connectivity index (χ4n) is 2.53. The van der Waals surface area contributed by atoms with Gasteiger partial charge in [0.05, 0.1) is 0 Å². The SMILES string of the molecule is BrCCc1cn(Cc2ccccc2)c2ccccc12. The van der Waals surface area contributed by atoms with Crippen molar-refractivity contribution in [3.63, 3.8) is 0 Å². The Hall–Kier alpha value is -1.54. The summed E-state index contributed by atoms with van der Waals surface area (Å²) < 4.78 is 2.35. The predicted octanol–water partition coefficient (Wildman–Crippen LogP) is 4.63. The lowest BCUT2D eigenvalue weighted by molar-refractivity contribution is 0.831. The van der Waals surface area contributed by atoms with Gasteiger partial charge in [0.25, 0.3) is 0 Å². The molecular weight excluding hydrogens is 298 g/mol. The number of benzene rings is 2. The fraction of sp³-hybridized carbons (Fsp3) is 0.176. The lowest BCUT2D eigenvalue weighted by atomic mass is 10.1. The van der Waals surface area contributed by atoms with E-state index in [9.17, 15) is 0 Å². The van der Waals surface area contributed by atoms with Crippen molar-refractivity contribution in [2.75, 3.05) is 5.33 Å². The van der Waals surface area contributed by atoms with E-state index in [0.717, 1.165) is 18.3 Å². The Morgan fingerprint density at radius 3 is 2.42 bits per heavy atom. The van der Waals surface area contributed by atoms with Crippen molar-refractivity contribution in [2.45, 2.75) is 13.0 Å². The Labute approximate surface area is 122 Å². The van der Waals surface area contributed by atoms with Crippen LogP contribution < -0.4 is 0 Å². The molecule has 19 heavy (non-hydrogen) atoms. The third-order valence-corrected chi connectivity index (χ3v) is 3.83. The lowest BCUT2D eigenvalue weighted by Gasteiger charge is -2.05. The van der Waals surface area contributed by atoms with E-state index in [2.05, 4.69) is 81.3 Å². The molecule has 1 heterocycles. The Balaban J connectivity index is 2.03. The molecule has 0 aliphatic heterocycles. The molecule has 0 aliphatic rings. The number of nitrogens with zero attached hydrogens (tertiary/aromatic N) is 1. The van der Waals surface area contributed by atoms with Crippen LogP contribution in [0.25, 0.3) is 10.9 Å². The van der Waals surface area contributed by atoms with Crippen LogP contribution in [-0.4, -0.2) is 9.90 Å². The minimum absolute atomic E-state index is 0.934. The van der Waals surface area contributed by atoms with Gasteiger partial charge in [-0.05, 0) is 23.6 Å². The van der Waals surface area contributed by atoms with Gasteiger partial charge in [-0.3, -0.25) is 0 Å². The molecule has 3 aromatic rings. The average Bonchev–Trinajstić information content (AvgIpc) is 2.79. The molecule has 0 fully saturated rings. The quantitative estimate of drug-likeness (QED) is 0.619. The summed E-state index contributed by atoms with van der Waals surface area (Å²) in [7, 11) is 0. The molecule has 96 valence electrons. The van der Waals surface area contributed by atoms with Crippen LogP contribution in [0.3, 0.4) is 0 Å². The maximum Gasteiger partial charge on any atom is 0.0486 e. The van der Waals surface area contributed by atoms with E-state index in [0.29, 0.717) is 0 Å². The van der Waals surface area contributed by atoms with E-state index in [1.54, 1.807) is 0 Å². The third kappa shape index (κ3) is 2.59. The van der Waals surface area contributed by atoms with Gasteiger partial charge >= 0.3 is 0 Å². The first-order valence-electron chi connectivity index (χ1n) is 6.55. The number of para-hydroxylation sites is 1. The van der Waals surface area contributed by atoms with Crippen LogP contribution in [0, 0.1) is 0 Å². The zero-order valence-corrected chi connectivity index (χ0v) is 12.3. The summed E-state index contributed by atoms with van der Waals surface area (Å²) in [5.74, 6) is 0. The van der Waals surface area contributed by atoms with Crippen LogP contribution in [-0.2, 0) is 13.0 Å². The number of hydrogen-bond donors (Lipinski definition) is 0. The molecule has 0 saturated carbocycles. The molecule has 2 aromatic carbocycles. The van der Waals surface area contributed by atoms with Crippen LogP contribution >= 0.6 is 15.9 Å². The van der Waals surface area contributed by atoms with Gasteiger partial charge in [0, 0.05) is 29.0 Å². The largest absolute Gasteiger partial charge is 0.343 e. The Bertz CT molecular complexity index is 670. The van der Waals surface area contributed by atoms with Gasteiger partial charge in [0.2, 0.25) is 0 Å². The second-order valence-corrected chi connectivity index (χ2v) is 5.52. The first kappa shape index (κ1) is 12.5. The van der Waals surface area contributed by atoms with Crippen molar-refractivity contribution in [1.82, 2.24) is 4.57 Å². The first-order valence-corrected chi connectivity index (χ1v) is 7.67. The van der Waals surface area contributed by atoms with E-state index < -0.39 is 0 Å². The summed E-state index contributed by atoms with van der Waals surface area (Å²) in [6, 6.07) is 19.3. The molecule has 0 atom stereocenters. The lowest BCUT2D eigenvalue weighted by Crippen LogP contribution is -1.97. The average molecular weight is 314 g/mol. The van der Waals surface area contributed by atoms with Crippen LogP contribution in [0.1, 0.15) is 11.1 Å². The van der Waals surface area contributed by atoms with Crippen LogP contribution in [0.5, 0.6) is 0 Å². The number of fused-ring (bicyclic) bond motifs is 1. The molecule has 0 spiro atoms. The molecule has 0 aliphatic carbocycles. The second kappa shape index (κ2) is 5.62. The van der Waals surface area contributed by atoms with E-state index in [4.69, 9.17) is 0 Å². The number of halogens is 1. The number of aryl methyl sites for hydroxylation is 1. The molecule has 3 rings (SSSR count). The van der Waals surface area contributed by atoms with Crippen molar-refractivity contribution in [3.05, 3.63) is 71.9 Å². The van der Waals surface area contributed by atoms with E-state index in [1.807, 2.05) is 0 Å².